The van der Waals surface area contributed by atoms with E-state index in [1.807, 2.05) is 6.07 Å². The first kappa shape index (κ1) is 13.7. The maximum absolute atomic E-state index is 13.4. The van der Waals surface area contributed by atoms with Gasteiger partial charge in [-0.2, -0.15) is 5.26 Å². The lowest BCUT2D eigenvalue weighted by molar-refractivity contribution is 0.0471. The second-order valence-electron chi connectivity index (χ2n) is 3.99. The Labute approximate surface area is 114 Å². The number of esters is 1. The molecule has 0 aliphatic rings. The van der Waals surface area contributed by atoms with Crippen LogP contribution in [0.15, 0.2) is 42.5 Å². The van der Waals surface area contributed by atoms with Crippen LogP contribution in [0.2, 0.25) is 0 Å². The van der Waals surface area contributed by atoms with Crippen molar-refractivity contribution in [3.8, 4) is 6.07 Å². The van der Waals surface area contributed by atoms with E-state index in [1.165, 1.54) is 6.07 Å². The molecule has 0 fully saturated rings. The Morgan fingerprint density at radius 2 is 1.75 bits per heavy atom. The van der Waals surface area contributed by atoms with Crippen LogP contribution in [0.25, 0.3) is 0 Å². The average molecular weight is 273 g/mol. The van der Waals surface area contributed by atoms with Gasteiger partial charge in [-0.3, -0.25) is 0 Å². The quantitative estimate of drug-likeness (QED) is 0.807. The van der Waals surface area contributed by atoms with Crippen LogP contribution in [0.5, 0.6) is 0 Å². The van der Waals surface area contributed by atoms with Gasteiger partial charge in [0, 0.05) is 0 Å². The molecule has 2 aromatic rings. The second-order valence-corrected chi connectivity index (χ2v) is 3.99. The zero-order chi connectivity index (χ0) is 14.5. The Morgan fingerprint density at radius 3 is 2.30 bits per heavy atom. The predicted octanol–water partition coefficient (Wildman–Crippen LogP) is 3.19. The summed E-state index contributed by atoms with van der Waals surface area (Å²) in [6.07, 6.45) is 0. The van der Waals surface area contributed by atoms with E-state index in [4.69, 9.17) is 10.00 Å². The lowest BCUT2D eigenvalue weighted by Crippen LogP contribution is -2.07. The molecular formula is C15H9F2NO2. The third-order valence-corrected chi connectivity index (χ3v) is 2.60. The molecule has 0 aromatic heterocycles. The summed E-state index contributed by atoms with van der Waals surface area (Å²) in [5.41, 5.74) is -0.227. The lowest BCUT2D eigenvalue weighted by atomic mass is 10.1. The van der Waals surface area contributed by atoms with Crippen molar-refractivity contribution < 1.29 is 18.3 Å². The first-order valence-corrected chi connectivity index (χ1v) is 5.72. The fraction of sp³-hybridized carbons (Fsp3) is 0.0667. The minimum Gasteiger partial charge on any atom is -0.457 e. The number of hydrogen-bond acceptors (Lipinski definition) is 3. The molecule has 5 heteroatoms. The first-order chi connectivity index (χ1) is 9.61. The van der Waals surface area contributed by atoms with Gasteiger partial charge in [0.25, 0.3) is 0 Å². The summed E-state index contributed by atoms with van der Waals surface area (Å²) < 4.78 is 31.7. The largest absolute Gasteiger partial charge is 0.457 e. The van der Waals surface area contributed by atoms with E-state index in [0.29, 0.717) is 0 Å². The average Bonchev–Trinajstić information content (AvgIpc) is 2.45. The zero-order valence-corrected chi connectivity index (χ0v) is 10.3. The molecule has 3 nitrogen and oxygen atoms in total. The summed E-state index contributed by atoms with van der Waals surface area (Å²) in [4.78, 5) is 11.7. The summed E-state index contributed by atoms with van der Waals surface area (Å²) >= 11 is 0. The summed E-state index contributed by atoms with van der Waals surface area (Å²) in [7, 11) is 0. The number of nitrogens with zero attached hydrogens (tertiary/aromatic N) is 1. The molecule has 0 amide bonds. The molecule has 0 bridgehead atoms. The molecule has 0 aliphatic carbocycles. The van der Waals surface area contributed by atoms with Crippen LogP contribution in [-0.4, -0.2) is 5.97 Å². The van der Waals surface area contributed by atoms with Gasteiger partial charge < -0.3 is 4.74 Å². The molecule has 100 valence electrons. The highest BCUT2D eigenvalue weighted by molar-refractivity contribution is 5.89. The van der Waals surface area contributed by atoms with Crippen molar-refractivity contribution in [3.05, 3.63) is 70.8 Å². The number of hydrogen-bond donors (Lipinski definition) is 0. The van der Waals surface area contributed by atoms with E-state index in [9.17, 15) is 13.6 Å². The van der Waals surface area contributed by atoms with E-state index in [0.717, 1.165) is 17.7 Å². The van der Waals surface area contributed by atoms with Crippen molar-refractivity contribution in [3.63, 3.8) is 0 Å². The van der Waals surface area contributed by atoms with Gasteiger partial charge in [0.2, 0.25) is 0 Å². The number of rotatable bonds is 3. The van der Waals surface area contributed by atoms with Crippen molar-refractivity contribution in [1.82, 2.24) is 0 Å². The van der Waals surface area contributed by atoms with Crippen LogP contribution in [0, 0.1) is 23.0 Å². The molecule has 2 rings (SSSR count). The molecule has 0 saturated heterocycles. The zero-order valence-electron chi connectivity index (χ0n) is 10.3. The van der Waals surface area contributed by atoms with Gasteiger partial charge in [-0.25, -0.2) is 13.6 Å². The van der Waals surface area contributed by atoms with Crippen molar-refractivity contribution in [2.45, 2.75) is 6.61 Å². The Balaban J connectivity index is 2.12. The third-order valence-electron chi connectivity index (χ3n) is 2.60. The van der Waals surface area contributed by atoms with Crippen LogP contribution in [0.4, 0.5) is 8.78 Å². The topological polar surface area (TPSA) is 50.1 Å². The molecular weight excluding hydrogens is 264 g/mol. The van der Waals surface area contributed by atoms with Crippen molar-refractivity contribution in [1.29, 1.82) is 5.26 Å². The molecule has 0 saturated carbocycles. The van der Waals surface area contributed by atoms with Crippen molar-refractivity contribution >= 4 is 5.97 Å². The predicted molar refractivity (Wildman–Crippen MR) is 66.6 cm³/mol. The molecule has 2 aromatic carbocycles. The maximum atomic E-state index is 13.4. The maximum Gasteiger partial charge on any atom is 0.338 e. The van der Waals surface area contributed by atoms with E-state index in [2.05, 4.69) is 0 Å². The van der Waals surface area contributed by atoms with Crippen LogP contribution < -0.4 is 0 Å². The van der Waals surface area contributed by atoms with E-state index >= 15 is 0 Å². The van der Waals surface area contributed by atoms with E-state index in [-0.39, 0.29) is 12.2 Å². The van der Waals surface area contributed by atoms with Gasteiger partial charge >= 0.3 is 5.97 Å². The Kier molecular flexibility index (Phi) is 4.06. The fourth-order valence-electron chi connectivity index (χ4n) is 1.60. The number of ether oxygens (including phenoxy) is 1. The van der Waals surface area contributed by atoms with E-state index < -0.39 is 23.2 Å². The highest BCUT2D eigenvalue weighted by atomic mass is 19.1. The minimum absolute atomic E-state index is 0.00289. The van der Waals surface area contributed by atoms with Gasteiger partial charge in [-0.15, -0.1) is 0 Å². The second kappa shape index (κ2) is 5.93. The highest BCUT2D eigenvalue weighted by Crippen LogP contribution is 2.15. The Morgan fingerprint density at radius 1 is 1.15 bits per heavy atom. The van der Waals surface area contributed by atoms with Crippen LogP contribution in [0.3, 0.4) is 0 Å². The number of halogens is 2. The molecule has 0 N–H and O–H groups in total. The summed E-state index contributed by atoms with van der Waals surface area (Å²) in [5.74, 6) is -3.02. The van der Waals surface area contributed by atoms with Gasteiger partial charge in [-0.05, 0) is 17.7 Å². The summed E-state index contributed by atoms with van der Waals surface area (Å²) in [6.45, 7) is 0.00289. The standard InChI is InChI=1S/C15H9F2NO2/c16-13-6-11(7-14(17)12(13)8-18)15(19)20-9-10-4-2-1-3-5-10/h1-7H,9H2. The monoisotopic (exact) mass is 273 g/mol. The Bertz CT molecular complexity index is 655. The number of carbonyl (C=O) groups excluding carboxylic acids is 1. The van der Waals surface area contributed by atoms with Crippen molar-refractivity contribution in [2.24, 2.45) is 0 Å². The molecule has 0 radical (unpaired) electrons. The number of carbonyl (C=O) groups is 1. The van der Waals surface area contributed by atoms with Crippen molar-refractivity contribution in [2.75, 3.05) is 0 Å². The lowest BCUT2D eigenvalue weighted by Gasteiger charge is -2.06. The van der Waals surface area contributed by atoms with E-state index in [1.54, 1.807) is 24.3 Å². The highest BCUT2D eigenvalue weighted by Gasteiger charge is 2.16. The van der Waals surface area contributed by atoms with Gasteiger partial charge in [0.1, 0.15) is 29.9 Å². The van der Waals surface area contributed by atoms with Gasteiger partial charge in [0.15, 0.2) is 0 Å². The number of benzene rings is 2. The molecule has 20 heavy (non-hydrogen) atoms. The van der Waals surface area contributed by atoms with Crippen LogP contribution in [0.1, 0.15) is 21.5 Å². The molecule has 0 atom stereocenters. The minimum atomic E-state index is -1.08. The first-order valence-electron chi connectivity index (χ1n) is 5.72. The smallest absolute Gasteiger partial charge is 0.338 e. The van der Waals surface area contributed by atoms with Crippen LogP contribution >= 0.6 is 0 Å². The molecule has 0 unspecified atom stereocenters. The van der Waals surface area contributed by atoms with Gasteiger partial charge in [0.05, 0.1) is 5.56 Å². The SMILES string of the molecule is N#Cc1c(F)cc(C(=O)OCc2ccccc2)cc1F. The third kappa shape index (κ3) is 2.98. The molecule has 0 heterocycles. The Hall–Kier alpha value is -2.74. The normalized spacial score (nSPS) is 9.85. The number of nitriles is 1. The molecule has 0 spiro atoms. The molecule has 0 aliphatic heterocycles. The van der Waals surface area contributed by atoms with Gasteiger partial charge in [-0.1, -0.05) is 30.3 Å². The summed E-state index contributed by atoms with van der Waals surface area (Å²) in [5, 5.41) is 8.53. The van der Waals surface area contributed by atoms with Crippen LogP contribution in [-0.2, 0) is 11.3 Å². The fourth-order valence-corrected chi connectivity index (χ4v) is 1.60. The summed E-state index contributed by atoms with van der Waals surface area (Å²) in [6, 6.07) is 11.9.